The number of methoxy groups -OCH3 is 1. The molecule has 0 spiro atoms. The topological polar surface area (TPSA) is 76.8 Å². The van der Waals surface area contributed by atoms with Crippen molar-refractivity contribution in [2.45, 2.75) is 24.9 Å². The number of nitrogens with zero attached hydrogens (tertiary/aromatic N) is 1. The Kier molecular flexibility index (Phi) is 4.95. The maximum Gasteiger partial charge on any atom is 0.139 e. The number of nitrogens with one attached hydrogen (secondary N) is 1. The highest BCUT2D eigenvalue weighted by Gasteiger charge is 2.39. The molecule has 2 heterocycles. The van der Waals surface area contributed by atoms with Crippen LogP contribution in [-0.4, -0.2) is 42.7 Å². The molecule has 1 fully saturated rings. The molecule has 6 heteroatoms. The molecule has 124 valence electrons. The van der Waals surface area contributed by atoms with Gasteiger partial charge in [-0.15, -0.1) is 0 Å². The highest BCUT2D eigenvalue weighted by molar-refractivity contribution is 5.27. The fraction of sp³-hybridized carbons (Fsp3) is 0.471. The smallest absolute Gasteiger partial charge is 0.139 e. The Morgan fingerprint density at radius 2 is 2.09 bits per heavy atom. The molecule has 0 atom stereocenters. The number of rotatable bonds is 8. The summed E-state index contributed by atoms with van der Waals surface area (Å²) >= 11 is 0. The second-order valence-corrected chi connectivity index (χ2v) is 5.91. The van der Waals surface area contributed by atoms with Gasteiger partial charge in [0.05, 0.1) is 38.2 Å². The van der Waals surface area contributed by atoms with Gasteiger partial charge in [-0.2, -0.15) is 0 Å². The lowest BCUT2D eigenvalue weighted by molar-refractivity contribution is -0.0755. The lowest BCUT2D eigenvalue weighted by Crippen LogP contribution is -2.61. The number of aliphatic hydroxyl groups is 1. The summed E-state index contributed by atoms with van der Waals surface area (Å²) in [7, 11) is 1.66. The highest BCUT2D eigenvalue weighted by Crippen LogP contribution is 2.23. The van der Waals surface area contributed by atoms with Crippen LogP contribution in [0.15, 0.2) is 34.9 Å². The SMILES string of the molecule is COc1ccc(CNC2(Cc3cc(CCO)on3)COC2)cc1. The Hall–Kier alpha value is -1.89. The zero-order valence-corrected chi connectivity index (χ0v) is 13.2. The van der Waals surface area contributed by atoms with E-state index in [2.05, 4.69) is 22.6 Å². The normalized spacial score (nSPS) is 16.1. The van der Waals surface area contributed by atoms with Gasteiger partial charge in [0.1, 0.15) is 11.5 Å². The first-order chi connectivity index (χ1) is 11.2. The number of ether oxygens (including phenoxy) is 2. The molecule has 0 radical (unpaired) electrons. The molecule has 0 unspecified atom stereocenters. The quantitative estimate of drug-likeness (QED) is 0.764. The molecule has 1 aromatic heterocycles. The van der Waals surface area contributed by atoms with E-state index >= 15 is 0 Å². The van der Waals surface area contributed by atoms with Crippen LogP contribution in [-0.2, 0) is 24.1 Å². The van der Waals surface area contributed by atoms with Crippen molar-refractivity contribution in [2.24, 2.45) is 0 Å². The molecule has 2 N–H and O–H groups in total. The first kappa shape index (κ1) is 16.0. The van der Waals surface area contributed by atoms with E-state index in [1.807, 2.05) is 18.2 Å². The molecule has 1 aliphatic heterocycles. The molecule has 0 bridgehead atoms. The number of aromatic nitrogens is 1. The van der Waals surface area contributed by atoms with Gasteiger partial charge in [-0.25, -0.2) is 0 Å². The molecule has 1 aromatic carbocycles. The molecule has 0 saturated carbocycles. The number of aliphatic hydroxyl groups excluding tert-OH is 1. The van der Waals surface area contributed by atoms with Crippen LogP contribution in [0.1, 0.15) is 17.0 Å². The standard InChI is InChI=1S/C17H22N2O4/c1-21-15-4-2-13(3-5-15)10-18-17(11-22-12-17)9-14-8-16(6-7-20)23-19-14/h2-5,8,18,20H,6-7,9-12H2,1H3. The van der Waals surface area contributed by atoms with E-state index in [-0.39, 0.29) is 12.1 Å². The molecule has 23 heavy (non-hydrogen) atoms. The maximum absolute atomic E-state index is 8.94. The lowest BCUT2D eigenvalue weighted by Gasteiger charge is -2.42. The van der Waals surface area contributed by atoms with E-state index in [1.54, 1.807) is 7.11 Å². The maximum atomic E-state index is 8.94. The Morgan fingerprint density at radius 3 is 2.70 bits per heavy atom. The van der Waals surface area contributed by atoms with E-state index in [0.717, 1.165) is 24.4 Å². The summed E-state index contributed by atoms with van der Waals surface area (Å²) in [4.78, 5) is 0. The van der Waals surface area contributed by atoms with Crippen molar-refractivity contribution in [3.05, 3.63) is 47.3 Å². The summed E-state index contributed by atoms with van der Waals surface area (Å²) in [5.41, 5.74) is 1.98. The summed E-state index contributed by atoms with van der Waals surface area (Å²) in [6.45, 7) is 2.14. The first-order valence-electron chi connectivity index (χ1n) is 7.74. The minimum atomic E-state index is -0.104. The first-order valence-corrected chi connectivity index (χ1v) is 7.74. The van der Waals surface area contributed by atoms with Crippen LogP contribution in [0.5, 0.6) is 5.75 Å². The largest absolute Gasteiger partial charge is 0.497 e. The van der Waals surface area contributed by atoms with Crippen LogP contribution in [0.2, 0.25) is 0 Å². The van der Waals surface area contributed by atoms with Crippen molar-refractivity contribution in [3.8, 4) is 5.75 Å². The van der Waals surface area contributed by atoms with Crippen molar-refractivity contribution >= 4 is 0 Å². The van der Waals surface area contributed by atoms with Crippen molar-refractivity contribution in [2.75, 3.05) is 26.9 Å². The Labute approximate surface area is 135 Å². The number of hydrogen-bond donors (Lipinski definition) is 2. The van der Waals surface area contributed by atoms with E-state index in [1.165, 1.54) is 5.56 Å². The number of benzene rings is 1. The van der Waals surface area contributed by atoms with Crippen LogP contribution in [0, 0.1) is 0 Å². The summed E-state index contributed by atoms with van der Waals surface area (Å²) in [6.07, 6.45) is 1.24. The average Bonchev–Trinajstić information content (AvgIpc) is 2.98. The van der Waals surface area contributed by atoms with E-state index in [4.69, 9.17) is 19.1 Å². The fourth-order valence-electron chi connectivity index (χ4n) is 2.66. The van der Waals surface area contributed by atoms with Crippen molar-refractivity contribution in [1.29, 1.82) is 0 Å². The van der Waals surface area contributed by atoms with Gasteiger partial charge in [0, 0.05) is 25.5 Å². The van der Waals surface area contributed by atoms with Crippen LogP contribution in [0.3, 0.4) is 0 Å². The molecular formula is C17H22N2O4. The second-order valence-electron chi connectivity index (χ2n) is 5.91. The van der Waals surface area contributed by atoms with Crippen LogP contribution >= 0.6 is 0 Å². The lowest BCUT2D eigenvalue weighted by atomic mass is 9.90. The molecular weight excluding hydrogens is 296 g/mol. The predicted octanol–water partition coefficient (Wildman–Crippen LogP) is 1.32. The molecule has 0 aliphatic carbocycles. The molecule has 0 amide bonds. The Bertz CT molecular complexity index is 620. The summed E-state index contributed by atoms with van der Waals surface area (Å²) in [5.74, 6) is 1.57. The van der Waals surface area contributed by atoms with Gasteiger partial charge in [0.15, 0.2) is 0 Å². The zero-order chi connectivity index (χ0) is 16.1. The molecule has 1 aliphatic rings. The third-order valence-electron chi connectivity index (χ3n) is 4.07. The van der Waals surface area contributed by atoms with Gasteiger partial charge in [0.25, 0.3) is 0 Å². The van der Waals surface area contributed by atoms with Gasteiger partial charge >= 0.3 is 0 Å². The molecule has 2 aromatic rings. The summed E-state index contributed by atoms with van der Waals surface area (Å²) < 4.78 is 15.8. The Morgan fingerprint density at radius 1 is 1.30 bits per heavy atom. The van der Waals surface area contributed by atoms with Crippen molar-refractivity contribution < 1.29 is 19.1 Å². The zero-order valence-electron chi connectivity index (χ0n) is 13.2. The molecule has 6 nitrogen and oxygen atoms in total. The van der Waals surface area contributed by atoms with Gasteiger partial charge in [-0.3, -0.25) is 0 Å². The van der Waals surface area contributed by atoms with Crippen molar-refractivity contribution in [3.63, 3.8) is 0 Å². The fourth-order valence-corrected chi connectivity index (χ4v) is 2.66. The third kappa shape index (κ3) is 3.90. The van der Waals surface area contributed by atoms with Crippen LogP contribution in [0.25, 0.3) is 0 Å². The molecule has 1 saturated heterocycles. The highest BCUT2D eigenvalue weighted by atomic mass is 16.5. The van der Waals surface area contributed by atoms with Crippen LogP contribution < -0.4 is 10.1 Å². The minimum Gasteiger partial charge on any atom is -0.497 e. The van der Waals surface area contributed by atoms with Gasteiger partial charge in [0.2, 0.25) is 0 Å². The monoisotopic (exact) mass is 318 g/mol. The van der Waals surface area contributed by atoms with Crippen molar-refractivity contribution in [1.82, 2.24) is 10.5 Å². The average molecular weight is 318 g/mol. The number of hydrogen-bond acceptors (Lipinski definition) is 6. The summed E-state index contributed by atoms with van der Waals surface area (Å²) in [6, 6.07) is 9.92. The molecule has 3 rings (SSSR count). The minimum absolute atomic E-state index is 0.0681. The van der Waals surface area contributed by atoms with Gasteiger partial charge < -0.3 is 24.4 Å². The van der Waals surface area contributed by atoms with E-state index < -0.39 is 0 Å². The van der Waals surface area contributed by atoms with E-state index in [0.29, 0.717) is 25.4 Å². The summed E-state index contributed by atoms with van der Waals surface area (Å²) in [5, 5.41) is 16.6. The predicted molar refractivity (Wildman–Crippen MR) is 84.4 cm³/mol. The van der Waals surface area contributed by atoms with Gasteiger partial charge in [-0.1, -0.05) is 17.3 Å². The Balaban J connectivity index is 1.59. The van der Waals surface area contributed by atoms with Crippen LogP contribution in [0.4, 0.5) is 0 Å². The van der Waals surface area contributed by atoms with E-state index in [9.17, 15) is 0 Å². The second kappa shape index (κ2) is 7.12. The third-order valence-corrected chi connectivity index (χ3v) is 4.07. The van der Waals surface area contributed by atoms with Gasteiger partial charge in [-0.05, 0) is 17.7 Å².